The number of benzene rings is 2. The van der Waals surface area contributed by atoms with Crippen LogP contribution in [0.15, 0.2) is 47.4 Å². The Labute approximate surface area is 196 Å². The van der Waals surface area contributed by atoms with Crippen LogP contribution in [0.3, 0.4) is 0 Å². The Kier molecular flexibility index (Phi) is 5.17. The van der Waals surface area contributed by atoms with Crippen molar-refractivity contribution in [3.05, 3.63) is 69.6 Å². The number of aryl methyl sites for hydroxylation is 1. The van der Waals surface area contributed by atoms with Crippen molar-refractivity contribution in [3.63, 3.8) is 0 Å². The molecule has 0 aliphatic carbocycles. The summed E-state index contributed by atoms with van der Waals surface area (Å²) in [6, 6.07) is 10.8. The van der Waals surface area contributed by atoms with Gasteiger partial charge in [0.05, 0.1) is 17.7 Å². The van der Waals surface area contributed by atoms with Crippen molar-refractivity contribution < 1.29 is 19.4 Å². The number of nitrogens with zero attached hydrogens (tertiary/aromatic N) is 1. The molecule has 5 rings (SSSR count). The number of carboxylic acid groups (broad SMARTS) is 1. The predicted octanol–water partition coefficient (Wildman–Crippen LogP) is 4.93. The summed E-state index contributed by atoms with van der Waals surface area (Å²) >= 11 is 0. The van der Waals surface area contributed by atoms with Gasteiger partial charge in [-0.25, -0.2) is 4.79 Å². The van der Waals surface area contributed by atoms with Gasteiger partial charge >= 0.3 is 5.97 Å². The monoisotopic (exact) mass is 458 g/mol. The van der Waals surface area contributed by atoms with E-state index in [9.17, 15) is 14.7 Å². The third-order valence-electron chi connectivity index (χ3n) is 6.07. The third kappa shape index (κ3) is 3.72. The molecule has 2 aromatic carbocycles. The van der Waals surface area contributed by atoms with Gasteiger partial charge < -0.3 is 19.6 Å². The molecule has 0 saturated carbocycles. The number of H-pyrrole nitrogens is 1. The molecule has 2 N–H and O–H groups in total. The van der Waals surface area contributed by atoms with Crippen LogP contribution >= 0.6 is 0 Å². The largest absolute Gasteiger partial charge is 0.493 e. The maximum absolute atomic E-state index is 12.5. The Balaban J connectivity index is 1.92. The van der Waals surface area contributed by atoms with Crippen LogP contribution < -0.4 is 10.3 Å². The minimum atomic E-state index is -1.21. The number of pyridine rings is 2. The third-order valence-corrected chi connectivity index (χ3v) is 6.07. The van der Waals surface area contributed by atoms with Gasteiger partial charge in [0.15, 0.2) is 6.10 Å². The topological polar surface area (TPSA) is 102 Å². The second-order valence-corrected chi connectivity index (χ2v) is 9.62. The van der Waals surface area contributed by atoms with E-state index < -0.39 is 17.7 Å². The van der Waals surface area contributed by atoms with Gasteiger partial charge in [-0.2, -0.15) is 0 Å². The fraction of sp³-hybridized carbons (Fsp3) is 0.296. The van der Waals surface area contributed by atoms with E-state index in [1.54, 1.807) is 18.3 Å². The molecule has 0 amide bonds. The van der Waals surface area contributed by atoms with E-state index in [4.69, 9.17) is 14.5 Å². The second-order valence-electron chi connectivity index (χ2n) is 9.62. The van der Waals surface area contributed by atoms with Gasteiger partial charge in [-0.1, -0.05) is 0 Å². The SMILES string of the molecule is Cc1cc2[nH]c(=O)ccc2c(-c2ccc3c4c(ccnc24)CCO3)c1[C@H](OC(C)(C)C)C(=O)O. The molecule has 7 heteroatoms. The van der Waals surface area contributed by atoms with Crippen molar-refractivity contribution >= 4 is 27.8 Å². The average Bonchev–Trinajstić information content (AvgIpc) is 2.77. The molecule has 1 aliphatic heterocycles. The molecule has 0 spiro atoms. The summed E-state index contributed by atoms with van der Waals surface area (Å²) in [6.45, 7) is 7.94. The normalized spacial score (nSPS) is 14.2. The van der Waals surface area contributed by atoms with Gasteiger partial charge in [-0.15, -0.1) is 0 Å². The number of hydrogen-bond donors (Lipinski definition) is 2. The summed E-state index contributed by atoms with van der Waals surface area (Å²) < 4.78 is 12.0. The fourth-order valence-corrected chi connectivity index (χ4v) is 4.78. The lowest BCUT2D eigenvalue weighted by atomic mass is 9.86. The minimum Gasteiger partial charge on any atom is -0.493 e. The lowest BCUT2D eigenvalue weighted by Gasteiger charge is -2.29. The maximum atomic E-state index is 12.5. The molecule has 0 saturated heterocycles. The van der Waals surface area contributed by atoms with Crippen LogP contribution in [-0.4, -0.2) is 33.3 Å². The molecule has 0 bridgehead atoms. The number of fused-ring (bicyclic) bond motifs is 1. The Hall–Kier alpha value is -3.71. The average molecular weight is 459 g/mol. The Bertz CT molecular complexity index is 1500. The Morgan fingerprint density at radius 2 is 2.00 bits per heavy atom. The molecule has 1 atom stereocenters. The van der Waals surface area contributed by atoms with Crippen molar-refractivity contribution in [3.8, 4) is 16.9 Å². The van der Waals surface area contributed by atoms with Crippen LogP contribution in [0.25, 0.3) is 32.9 Å². The van der Waals surface area contributed by atoms with Gasteiger partial charge in [0.1, 0.15) is 5.75 Å². The van der Waals surface area contributed by atoms with E-state index in [1.807, 2.05) is 45.9 Å². The molecule has 34 heavy (non-hydrogen) atoms. The molecule has 1 aliphatic rings. The maximum Gasteiger partial charge on any atom is 0.337 e. The smallest absolute Gasteiger partial charge is 0.337 e. The highest BCUT2D eigenvalue weighted by molar-refractivity contribution is 6.08. The van der Waals surface area contributed by atoms with E-state index in [1.165, 1.54) is 6.07 Å². The number of hydrogen-bond acceptors (Lipinski definition) is 5. The standard InChI is InChI=1S/C27H26N2O5/c1-14-13-18-16(6-8-20(30)29-18)23(21(14)25(26(31)32)34-27(2,3)4)17-5-7-19-22-15(10-12-33-19)9-11-28-24(17)22/h5-9,11,13,25H,10,12H2,1-4H3,(H,29,30)(H,31,32)/t25-/m0/s1. The van der Waals surface area contributed by atoms with Crippen molar-refractivity contribution in [2.45, 2.75) is 45.8 Å². The molecule has 0 fully saturated rings. The first-order valence-corrected chi connectivity index (χ1v) is 11.2. The number of aliphatic carboxylic acids is 1. The van der Waals surface area contributed by atoms with Crippen LogP contribution in [0.2, 0.25) is 0 Å². The number of carbonyl (C=O) groups is 1. The van der Waals surface area contributed by atoms with Gasteiger partial charge in [0.25, 0.3) is 0 Å². The zero-order chi connectivity index (χ0) is 24.2. The summed E-state index contributed by atoms with van der Waals surface area (Å²) in [4.78, 5) is 32.2. The summed E-state index contributed by atoms with van der Waals surface area (Å²) in [5.74, 6) is -0.317. The second kappa shape index (κ2) is 7.95. The molecule has 0 unspecified atom stereocenters. The highest BCUT2D eigenvalue weighted by Crippen LogP contribution is 2.44. The predicted molar refractivity (Wildman–Crippen MR) is 130 cm³/mol. The highest BCUT2D eigenvalue weighted by atomic mass is 16.5. The van der Waals surface area contributed by atoms with Crippen LogP contribution in [-0.2, 0) is 16.0 Å². The van der Waals surface area contributed by atoms with E-state index in [-0.39, 0.29) is 5.56 Å². The van der Waals surface area contributed by atoms with Gasteiger partial charge in [0.2, 0.25) is 5.56 Å². The zero-order valence-corrected chi connectivity index (χ0v) is 19.6. The summed E-state index contributed by atoms with van der Waals surface area (Å²) in [5.41, 5.74) is 4.28. The van der Waals surface area contributed by atoms with E-state index in [0.717, 1.165) is 39.6 Å². The van der Waals surface area contributed by atoms with E-state index in [2.05, 4.69) is 4.98 Å². The Morgan fingerprint density at radius 1 is 1.21 bits per heavy atom. The zero-order valence-electron chi connectivity index (χ0n) is 19.6. The number of ether oxygens (including phenoxy) is 2. The quantitative estimate of drug-likeness (QED) is 0.450. The highest BCUT2D eigenvalue weighted by Gasteiger charge is 2.32. The lowest BCUT2D eigenvalue weighted by molar-refractivity contribution is -0.160. The van der Waals surface area contributed by atoms with Gasteiger partial charge in [-0.3, -0.25) is 9.78 Å². The molecule has 3 heterocycles. The van der Waals surface area contributed by atoms with Crippen LogP contribution in [0.4, 0.5) is 0 Å². The van der Waals surface area contributed by atoms with E-state index >= 15 is 0 Å². The molecular formula is C27H26N2O5. The lowest BCUT2D eigenvalue weighted by Crippen LogP contribution is -2.28. The van der Waals surface area contributed by atoms with Crippen molar-refractivity contribution in [1.29, 1.82) is 0 Å². The van der Waals surface area contributed by atoms with Crippen molar-refractivity contribution in [1.82, 2.24) is 9.97 Å². The summed E-state index contributed by atoms with van der Waals surface area (Å²) in [5, 5.41) is 11.9. The first-order chi connectivity index (χ1) is 16.1. The van der Waals surface area contributed by atoms with Crippen LogP contribution in [0.5, 0.6) is 5.75 Å². The molecule has 7 nitrogen and oxygen atoms in total. The van der Waals surface area contributed by atoms with Crippen molar-refractivity contribution in [2.75, 3.05) is 6.61 Å². The molecular weight excluding hydrogens is 432 g/mol. The molecule has 2 aromatic heterocycles. The van der Waals surface area contributed by atoms with Crippen LogP contribution in [0.1, 0.15) is 43.6 Å². The summed E-state index contributed by atoms with van der Waals surface area (Å²) in [7, 11) is 0. The van der Waals surface area contributed by atoms with E-state index in [0.29, 0.717) is 28.8 Å². The minimum absolute atomic E-state index is 0.227. The first-order valence-electron chi connectivity index (χ1n) is 11.2. The number of aromatic amines is 1. The van der Waals surface area contributed by atoms with Gasteiger partial charge in [0, 0.05) is 46.1 Å². The molecule has 4 aromatic rings. The number of carboxylic acids is 1. The fourth-order valence-electron chi connectivity index (χ4n) is 4.78. The Morgan fingerprint density at radius 3 is 2.74 bits per heavy atom. The van der Waals surface area contributed by atoms with Crippen LogP contribution in [0, 0.1) is 6.92 Å². The van der Waals surface area contributed by atoms with Crippen molar-refractivity contribution in [2.24, 2.45) is 0 Å². The number of nitrogens with one attached hydrogen (secondary N) is 1. The number of rotatable bonds is 4. The molecule has 174 valence electrons. The first kappa shape index (κ1) is 22.1. The van der Waals surface area contributed by atoms with Gasteiger partial charge in [-0.05, 0) is 74.7 Å². The summed E-state index contributed by atoms with van der Waals surface area (Å²) in [6.07, 6.45) is 1.33. The number of aromatic nitrogens is 2. The molecule has 0 radical (unpaired) electrons.